The SMILES string of the molecule is [N]=Nc1cc([N+](=O)[O-])cc([N+](=O)[O-])c1O. The molecule has 0 heterocycles. The maximum Gasteiger partial charge on any atom is 0.319 e. The van der Waals surface area contributed by atoms with Gasteiger partial charge in [-0.25, -0.2) is 0 Å². The summed E-state index contributed by atoms with van der Waals surface area (Å²) in [6.07, 6.45) is 0. The molecule has 15 heavy (non-hydrogen) atoms. The lowest BCUT2D eigenvalue weighted by molar-refractivity contribution is -0.394. The molecule has 1 radical (unpaired) electrons. The average molecular weight is 211 g/mol. The Balaban J connectivity index is 3.51. The van der Waals surface area contributed by atoms with Gasteiger partial charge in [-0.05, 0) is 5.53 Å². The molecule has 9 nitrogen and oxygen atoms in total. The Morgan fingerprint density at radius 1 is 1.27 bits per heavy atom. The number of phenols is 1. The number of nitro benzene ring substituents is 2. The quantitative estimate of drug-likeness (QED) is 0.452. The predicted octanol–water partition coefficient (Wildman–Crippen LogP) is 1.09. The minimum Gasteiger partial charge on any atom is -0.501 e. The molecule has 1 rings (SSSR count). The summed E-state index contributed by atoms with van der Waals surface area (Å²) < 4.78 is 0. The van der Waals surface area contributed by atoms with Crippen molar-refractivity contribution in [1.29, 1.82) is 0 Å². The van der Waals surface area contributed by atoms with Crippen LogP contribution in [-0.2, 0) is 0 Å². The van der Waals surface area contributed by atoms with Crippen LogP contribution in [0.1, 0.15) is 0 Å². The summed E-state index contributed by atoms with van der Waals surface area (Å²) in [6, 6.07) is 1.28. The van der Waals surface area contributed by atoms with Gasteiger partial charge in [0, 0.05) is 6.07 Å². The van der Waals surface area contributed by atoms with Gasteiger partial charge in [0.15, 0.2) is 0 Å². The molecule has 0 amide bonds. The molecule has 0 aliphatic carbocycles. The Kier molecular flexibility index (Phi) is 2.56. The summed E-state index contributed by atoms with van der Waals surface area (Å²) in [6.45, 7) is 0. The Bertz CT molecular complexity index is 457. The third kappa shape index (κ3) is 1.85. The monoisotopic (exact) mass is 211 g/mol. The van der Waals surface area contributed by atoms with Crippen LogP contribution < -0.4 is 5.53 Å². The lowest BCUT2D eigenvalue weighted by Crippen LogP contribution is -1.93. The van der Waals surface area contributed by atoms with Crippen molar-refractivity contribution >= 4 is 17.1 Å². The topological polar surface area (TPSA) is 141 Å². The minimum atomic E-state index is -1.02. The van der Waals surface area contributed by atoms with Crippen molar-refractivity contribution in [3.05, 3.63) is 32.4 Å². The molecule has 0 fully saturated rings. The van der Waals surface area contributed by atoms with Crippen molar-refractivity contribution in [3.8, 4) is 5.75 Å². The Hall–Kier alpha value is -2.58. The number of phenolic OH excluding ortho intramolecular Hbond substituents is 1. The van der Waals surface area contributed by atoms with Gasteiger partial charge in [0.2, 0.25) is 5.75 Å². The molecule has 0 saturated heterocycles. The first-order valence-electron chi connectivity index (χ1n) is 3.48. The fourth-order valence-electron chi connectivity index (χ4n) is 0.911. The van der Waals surface area contributed by atoms with E-state index >= 15 is 0 Å². The van der Waals surface area contributed by atoms with Gasteiger partial charge < -0.3 is 5.11 Å². The summed E-state index contributed by atoms with van der Waals surface area (Å²) in [5.41, 5.74) is 6.18. The molecular weight excluding hydrogens is 208 g/mol. The van der Waals surface area contributed by atoms with Crippen LogP contribution >= 0.6 is 0 Å². The van der Waals surface area contributed by atoms with Gasteiger partial charge in [-0.15, -0.1) is 5.11 Å². The highest BCUT2D eigenvalue weighted by molar-refractivity contribution is 5.67. The molecule has 0 atom stereocenters. The van der Waals surface area contributed by atoms with E-state index in [1.54, 1.807) is 0 Å². The highest BCUT2D eigenvalue weighted by Crippen LogP contribution is 2.39. The van der Waals surface area contributed by atoms with Crippen molar-refractivity contribution < 1.29 is 15.0 Å². The van der Waals surface area contributed by atoms with Crippen LogP contribution in [0.4, 0.5) is 17.1 Å². The molecule has 0 saturated carbocycles. The molecular formula is C6H3N4O5. The van der Waals surface area contributed by atoms with Crippen LogP contribution in [0.5, 0.6) is 5.75 Å². The first-order chi connectivity index (χ1) is 6.97. The number of aromatic hydroxyl groups is 1. The fraction of sp³-hybridized carbons (Fsp3) is 0. The van der Waals surface area contributed by atoms with Crippen molar-refractivity contribution in [2.75, 3.05) is 0 Å². The summed E-state index contributed by atoms with van der Waals surface area (Å²) in [5.74, 6) is -0.923. The maximum absolute atomic E-state index is 10.4. The third-order valence-electron chi connectivity index (χ3n) is 1.57. The molecule has 0 aliphatic heterocycles. The van der Waals surface area contributed by atoms with E-state index < -0.39 is 32.7 Å². The van der Waals surface area contributed by atoms with Crippen molar-refractivity contribution in [2.45, 2.75) is 0 Å². The number of benzene rings is 1. The van der Waals surface area contributed by atoms with Crippen LogP contribution in [0.2, 0.25) is 0 Å². The van der Waals surface area contributed by atoms with Crippen molar-refractivity contribution in [3.63, 3.8) is 0 Å². The number of rotatable bonds is 3. The predicted molar refractivity (Wildman–Crippen MR) is 45.6 cm³/mol. The smallest absolute Gasteiger partial charge is 0.319 e. The van der Waals surface area contributed by atoms with Crippen LogP contribution in [0.25, 0.3) is 0 Å². The fourth-order valence-corrected chi connectivity index (χ4v) is 0.911. The Labute approximate surface area is 81.8 Å². The zero-order valence-electron chi connectivity index (χ0n) is 7.02. The molecule has 0 spiro atoms. The van der Waals surface area contributed by atoms with Crippen molar-refractivity contribution in [1.82, 2.24) is 5.53 Å². The minimum absolute atomic E-state index is 0.573. The first kappa shape index (κ1) is 10.5. The van der Waals surface area contributed by atoms with E-state index in [-0.39, 0.29) is 0 Å². The molecule has 0 aromatic heterocycles. The second-order valence-corrected chi connectivity index (χ2v) is 2.45. The van der Waals surface area contributed by atoms with Gasteiger partial charge in [0.25, 0.3) is 5.69 Å². The second-order valence-electron chi connectivity index (χ2n) is 2.45. The molecule has 1 N–H and O–H groups in total. The van der Waals surface area contributed by atoms with Crippen molar-refractivity contribution in [2.24, 2.45) is 5.11 Å². The Morgan fingerprint density at radius 3 is 2.27 bits per heavy atom. The van der Waals surface area contributed by atoms with Gasteiger partial charge in [0.1, 0.15) is 5.69 Å². The normalized spacial score (nSPS) is 9.60. The molecule has 0 bridgehead atoms. The molecule has 9 heteroatoms. The number of hydrogen-bond donors (Lipinski definition) is 1. The highest BCUT2D eigenvalue weighted by atomic mass is 16.6. The van der Waals surface area contributed by atoms with E-state index in [0.29, 0.717) is 12.1 Å². The van der Waals surface area contributed by atoms with Crippen LogP contribution in [0.3, 0.4) is 0 Å². The van der Waals surface area contributed by atoms with Gasteiger partial charge in [-0.1, -0.05) is 0 Å². The highest BCUT2D eigenvalue weighted by Gasteiger charge is 2.23. The average Bonchev–Trinajstić information content (AvgIpc) is 2.17. The van der Waals surface area contributed by atoms with Crippen LogP contribution in [-0.4, -0.2) is 15.0 Å². The van der Waals surface area contributed by atoms with Gasteiger partial charge in [0.05, 0.1) is 15.9 Å². The third-order valence-corrected chi connectivity index (χ3v) is 1.57. The summed E-state index contributed by atoms with van der Waals surface area (Å²) >= 11 is 0. The zero-order valence-corrected chi connectivity index (χ0v) is 7.02. The van der Waals surface area contributed by atoms with E-state index in [9.17, 15) is 20.2 Å². The standard InChI is InChI=1S/C6H3N4O5/c7-8-4-1-3(9(12)13)2-5(6(4)11)10(14)15/h1-2,11H. The van der Waals surface area contributed by atoms with Crippen LogP contribution in [0, 0.1) is 20.2 Å². The van der Waals surface area contributed by atoms with Gasteiger partial charge in [-0.3, -0.25) is 20.2 Å². The number of non-ortho nitro benzene ring substituents is 1. The molecule has 1 aromatic carbocycles. The summed E-state index contributed by atoms with van der Waals surface area (Å²) in [4.78, 5) is 18.8. The van der Waals surface area contributed by atoms with Crippen LogP contribution in [0.15, 0.2) is 17.2 Å². The largest absolute Gasteiger partial charge is 0.501 e. The number of nitrogens with zero attached hydrogens (tertiary/aromatic N) is 4. The molecule has 1 aromatic rings. The van der Waals surface area contributed by atoms with E-state index in [1.165, 1.54) is 0 Å². The summed E-state index contributed by atoms with van der Waals surface area (Å²) in [7, 11) is 0. The first-order valence-corrected chi connectivity index (χ1v) is 3.48. The molecule has 0 unspecified atom stereocenters. The molecule has 77 valence electrons. The summed E-state index contributed by atoms with van der Waals surface area (Å²) in [5, 5.41) is 32.3. The lowest BCUT2D eigenvalue weighted by Gasteiger charge is -1.98. The van der Waals surface area contributed by atoms with E-state index in [2.05, 4.69) is 5.11 Å². The van der Waals surface area contributed by atoms with E-state index in [0.717, 1.165) is 0 Å². The Morgan fingerprint density at radius 2 is 1.87 bits per heavy atom. The maximum atomic E-state index is 10.4. The van der Waals surface area contributed by atoms with Gasteiger partial charge in [-0.2, -0.15) is 0 Å². The second kappa shape index (κ2) is 3.65. The van der Waals surface area contributed by atoms with E-state index in [4.69, 9.17) is 10.6 Å². The molecule has 0 aliphatic rings. The number of hydrogen-bond acceptors (Lipinski definition) is 6. The number of nitro groups is 2. The lowest BCUT2D eigenvalue weighted by atomic mass is 10.2. The van der Waals surface area contributed by atoms with Gasteiger partial charge >= 0.3 is 5.69 Å². The zero-order chi connectivity index (χ0) is 11.6. The van der Waals surface area contributed by atoms with E-state index in [1.807, 2.05) is 0 Å².